The largest absolute Gasteiger partial charge is 0.428 e. The second-order valence-electron chi connectivity index (χ2n) is 8.67. The first-order valence-corrected chi connectivity index (χ1v) is 12.0. The van der Waals surface area contributed by atoms with Crippen molar-refractivity contribution in [3.05, 3.63) is 54.1 Å². The van der Waals surface area contributed by atoms with Gasteiger partial charge in [0.15, 0.2) is 12.0 Å². The molecule has 210 valence electrons. The number of nitrogens with zero attached hydrogens (tertiary/aromatic N) is 3. The van der Waals surface area contributed by atoms with Crippen LogP contribution in [0.4, 0.5) is 23.2 Å². The lowest BCUT2D eigenvalue weighted by molar-refractivity contribution is -0.280. The minimum atomic E-state index is -4.59. The molecular formula is C24H25ClF4N6O4. The quantitative estimate of drug-likeness (QED) is 0.179. The Hall–Kier alpha value is -3.65. The second kappa shape index (κ2) is 12.5. The zero-order chi connectivity index (χ0) is 28.8. The lowest BCUT2D eigenvalue weighted by Gasteiger charge is -2.41. The molecule has 1 saturated carbocycles. The summed E-state index contributed by atoms with van der Waals surface area (Å²) < 4.78 is 64.4. The number of methoxy groups -OCH3 is 1. The topological polar surface area (TPSA) is 141 Å². The number of amides is 2. The van der Waals surface area contributed by atoms with Gasteiger partial charge in [-0.1, -0.05) is 11.6 Å². The molecule has 1 aliphatic rings. The van der Waals surface area contributed by atoms with E-state index in [1.165, 1.54) is 43.0 Å². The molecule has 1 aromatic heterocycles. The zero-order valence-corrected chi connectivity index (χ0v) is 21.3. The highest BCUT2D eigenvalue weighted by Crippen LogP contribution is 2.44. The van der Waals surface area contributed by atoms with Gasteiger partial charge in [-0.15, -0.1) is 0 Å². The highest BCUT2D eigenvalue weighted by molar-refractivity contribution is 6.32. The maximum Gasteiger partial charge on any atom is 0.417 e. The van der Waals surface area contributed by atoms with Crippen LogP contribution in [-0.4, -0.2) is 64.6 Å². The Morgan fingerprint density at radius 2 is 1.79 bits per heavy atom. The molecule has 0 saturated heterocycles. The van der Waals surface area contributed by atoms with E-state index >= 15 is 0 Å². The first-order valence-electron chi connectivity index (χ1n) is 11.6. The van der Waals surface area contributed by atoms with Gasteiger partial charge in [-0.25, -0.2) is 14.4 Å². The van der Waals surface area contributed by atoms with Crippen LogP contribution in [0.15, 0.2) is 43.0 Å². The number of benzene rings is 1. The number of halogens is 5. The molecule has 1 fully saturated rings. The summed E-state index contributed by atoms with van der Waals surface area (Å²) in [5, 5.41) is 17.4. The number of carbonyl (C=O) groups is 2. The Kier molecular flexibility index (Phi) is 9.56. The zero-order valence-electron chi connectivity index (χ0n) is 20.5. The molecule has 15 heteroatoms. The fourth-order valence-electron chi connectivity index (χ4n) is 4.39. The van der Waals surface area contributed by atoms with Gasteiger partial charge in [0.1, 0.15) is 12.4 Å². The third-order valence-electron chi connectivity index (χ3n) is 6.46. The van der Waals surface area contributed by atoms with Crippen molar-refractivity contribution in [2.75, 3.05) is 12.0 Å². The smallest absolute Gasteiger partial charge is 0.417 e. The van der Waals surface area contributed by atoms with Crippen LogP contribution in [0, 0.1) is 10.8 Å². The molecule has 2 unspecified atom stereocenters. The summed E-state index contributed by atoms with van der Waals surface area (Å²) >= 11 is 5.49. The lowest BCUT2D eigenvalue weighted by atomic mass is 9.81. The van der Waals surface area contributed by atoms with Crippen LogP contribution >= 0.6 is 11.6 Å². The van der Waals surface area contributed by atoms with Crippen molar-refractivity contribution in [1.82, 2.24) is 15.3 Å². The van der Waals surface area contributed by atoms with Crippen molar-refractivity contribution in [1.29, 1.82) is 10.8 Å². The van der Waals surface area contributed by atoms with Crippen LogP contribution in [-0.2, 0) is 19.1 Å². The van der Waals surface area contributed by atoms with Crippen LogP contribution in [0.3, 0.4) is 0 Å². The van der Waals surface area contributed by atoms with Gasteiger partial charge in [0, 0.05) is 42.4 Å². The summed E-state index contributed by atoms with van der Waals surface area (Å²) in [6.07, 6.45) is -1.28. The van der Waals surface area contributed by atoms with E-state index < -0.39 is 41.3 Å². The number of alkyl halides is 5. The van der Waals surface area contributed by atoms with Gasteiger partial charge in [-0.3, -0.25) is 25.3 Å². The van der Waals surface area contributed by atoms with Gasteiger partial charge in [0.2, 0.25) is 11.8 Å². The molecule has 10 nitrogen and oxygen atoms in total. The SMILES string of the molecule is COC1(C(F)(F)F)CCC(NC(=O)C(c2cncnc2)N(C(=O)C(F)Cl)c2ccc(C(=N)OC=N)cc2)CC1. The van der Waals surface area contributed by atoms with E-state index in [0.717, 1.165) is 12.0 Å². The van der Waals surface area contributed by atoms with Crippen molar-refractivity contribution in [2.45, 2.75) is 55.2 Å². The number of anilines is 1. The first-order chi connectivity index (χ1) is 18.4. The van der Waals surface area contributed by atoms with Crippen molar-refractivity contribution in [2.24, 2.45) is 0 Å². The van der Waals surface area contributed by atoms with E-state index in [4.69, 9.17) is 31.9 Å². The van der Waals surface area contributed by atoms with Crippen LogP contribution in [0.25, 0.3) is 0 Å². The fraction of sp³-hybridized carbons (Fsp3) is 0.417. The van der Waals surface area contributed by atoms with Crippen LogP contribution < -0.4 is 10.2 Å². The highest BCUT2D eigenvalue weighted by atomic mass is 35.5. The molecular weight excluding hydrogens is 548 g/mol. The lowest BCUT2D eigenvalue weighted by Crippen LogP contribution is -2.54. The molecule has 2 amide bonds. The summed E-state index contributed by atoms with van der Waals surface area (Å²) in [5.41, 5.74) is -4.55. The number of ether oxygens (including phenoxy) is 2. The Labute approximate surface area is 225 Å². The average Bonchev–Trinajstić information content (AvgIpc) is 2.91. The van der Waals surface area contributed by atoms with Gasteiger partial charge in [0.05, 0.1) is 0 Å². The molecule has 2 aromatic rings. The van der Waals surface area contributed by atoms with Crippen molar-refractivity contribution in [3.8, 4) is 0 Å². The number of rotatable bonds is 9. The third kappa shape index (κ3) is 6.68. The number of aromatic nitrogens is 2. The van der Waals surface area contributed by atoms with Crippen LogP contribution in [0.1, 0.15) is 42.9 Å². The van der Waals surface area contributed by atoms with Gasteiger partial charge in [0.25, 0.3) is 11.5 Å². The molecule has 1 aliphatic carbocycles. The monoisotopic (exact) mass is 572 g/mol. The summed E-state index contributed by atoms with van der Waals surface area (Å²) in [4.78, 5) is 35.1. The molecule has 0 aliphatic heterocycles. The van der Waals surface area contributed by atoms with Crippen LogP contribution in [0.5, 0.6) is 0 Å². The summed E-state index contributed by atoms with van der Waals surface area (Å²) in [6.45, 7) is 0. The summed E-state index contributed by atoms with van der Waals surface area (Å²) in [6, 6.07) is 3.09. The Morgan fingerprint density at radius 3 is 2.28 bits per heavy atom. The molecule has 0 spiro atoms. The predicted molar refractivity (Wildman–Crippen MR) is 132 cm³/mol. The number of hydrogen-bond acceptors (Lipinski definition) is 8. The van der Waals surface area contributed by atoms with Gasteiger partial charge in [-0.05, 0) is 49.9 Å². The van der Waals surface area contributed by atoms with E-state index in [1.807, 2.05) is 0 Å². The molecule has 3 N–H and O–H groups in total. The van der Waals surface area contributed by atoms with E-state index in [9.17, 15) is 27.2 Å². The van der Waals surface area contributed by atoms with Gasteiger partial charge in [-0.2, -0.15) is 13.2 Å². The molecule has 0 bridgehead atoms. The maximum absolute atomic E-state index is 14.2. The molecule has 39 heavy (non-hydrogen) atoms. The number of nitrogens with one attached hydrogen (secondary N) is 3. The molecule has 0 radical (unpaired) electrons. The Morgan fingerprint density at radius 1 is 1.21 bits per heavy atom. The minimum Gasteiger partial charge on any atom is -0.428 e. The van der Waals surface area contributed by atoms with Crippen LogP contribution in [0.2, 0.25) is 0 Å². The maximum atomic E-state index is 14.2. The van der Waals surface area contributed by atoms with Crippen molar-refractivity contribution < 1.29 is 36.6 Å². The van der Waals surface area contributed by atoms with Gasteiger partial charge >= 0.3 is 6.18 Å². The first kappa shape index (κ1) is 29.9. The fourth-order valence-corrected chi connectivity index (χ4v) is 4.50. The average molecular weight is 573 g/mol. The van der Waals surface area contributed by atoms with E-state index in [2.05, 4.69) is 15.3 Å². The third-order valence-corrected chi connectivity index (χ3v) is 6.65. The van der Waals surface area contributed by atoms with E-state index in [-0.39, 0.29) is 48.4 Å². The Balaban J connectivity index is 1.94. The van der Waals surface area contributed by atoms with E-state index in [0.29, 0.717) is 6.40 Å². The summed E-state index contributed by atoms with van der Waals surface area (Å²) in [5.74, 6) is -2.48. The standard InChI is InChI=1S/C24H25ClF4N6O4/c1-38-23(24(27,28)29)8-6-16(7-9-23)34-21(36)18(15-10-32-13-33-11-15)35(22(37)19(25)26)17-4-2-14(3-5-17)20(31)39-12-30/h2-5,10-13,16,18-19,30-31H,6-9H2,1H3,(H,34,36). The minimum absolute atomic E-state index is 0.0119. The normalized spacial score (nSPS) is 20.8. The molecule has 1 heterocycles. The van der Waals surface area contributed by atoms with E-state index in [1.54, 1.807) is 0 Å². The van der Waals surface area contributed by atoms with Crippen molar-refractivity contribution in [3.63, 3.8) is 0 Å². The number of carbonyl (C=O) groups excluding carboxylic acids is 2. The van der Waals surface area contributed by atoms with Gasteiger partial charge < -0.3 is 14.8 Å². The molecule has 2 atom stereocenters. The summed E-state index contributed by atoms with van der Waals surface area (Å²) in [7, 11) is 0.991. The second-order valence-corrected chi connectivity index (χ2v) is 9.06. The Bertz CT molecular complexity index is 1180. The molecule has 3 rings (SSSR count). The predicted octanol–water partition coefficient (Wildman–Crippen LogP) is 4.04. The van der Waals surface area contributed by atoms with Crippen molar-refractivity contribution >= 4 is 41.4 Å². The highest BCUT2D eigenvalue weighted by Gasteiger charge is 2.56. The number of hydrogen-bond donors (Lipinski definition) is 3. The molecule has 1 aromatic carbocycles.